The molecule has 0 unspecified atom stereocenters. The molecule has 0 aliphatic carbocycles. The number of aromatic amines is 2. The van der Waals surface area contributed by atoms with Gasteiger partial charge in [-0.1, -0.05) is 0 Å². The summed E-state index contributed by atoms with van der Waals surface area (Å²) in [7, 11) is 0. The average Bonchev–Trinajstić information content (AvgIpc) is 3.70. The summed E-state index contributed by atoms with van der Waals surface area (Å²) in [6.07, 6.45) is 4.26. The first-order chi connectivity index (χ1) is 20.0. The largest absolute Gasteiger partial charge is 0.336 e. The summed E-state index contributed by atoms with van der Waals surface area (Å²) < 4.78 is 14.7. The molecule has 7 rings (SSSR count). The van der Waals surface area contributed by atoms with Gasteiger partial charge in [-0.15, -0.1) is 11.3 Å². The number of aromatic nitrogens is 6. The summed E-state index contributed by atoms with van der Waals surface area (Å²) in [5.41, 5.74) is 6.41. The van der Waals surface area contributed by atoms with Crippen molar-refractivity contribution in [1.29, 1.82) is 0 Å². The molecule has 1 fully saturated rings. The fourth-order valence-electron chi connectivity index (χ4n) is 5.26. The van der Waals surface area contributed by atoms with Crippen molar-refractivity contribution in [3.63, 3.8) is 0 Å². The Kier molecular flexibility index (Phi) is 6.96. The molecule has 0 spiro atoms. The van der Waals surface area contributed by atoms with Crippen molar-refractivity contribution in [1.82, 2.24) is 35.5 Å². The van der Waals surface area contributed by atoms with Gasteiger partial charge in [-0.05, 0) is 103 Å². The lowest BCUT2D eigenvalue weighted by Crippen LogP contribution is -2.30. The molecule has 0 bridgehead atoms. The first-order valence-electron chi connectivity index (χ1n) is 13.3. The molecule has 1 aliphatic rings. The third kappa shape index (κ3) is 5.34. The minimum absolute atomic E-state index is 0.0365. The Morgan fingerprint density at radius 1 is 1.02 bits per heavy atom. The number of hydrogen-bond donors (Lipinski definition) is 4. The highest BCUT2D eigenvalue weighted by atomic mass is 127. The van der Waals surface area contributed by atoms with Crippen LogP contribution in [-0.2, 0) is 4.79 Å². The summed E-state index contributed by atoms with van der Waals surface area (Å²) in [6.45, 7) is 1.94. The van der Waals surface area contributed by atoms with Crippen LogP contribution in [0.4, 0.5) is 10.1 Å². The summed E-state index contributed by atoms with van der Waals surface area (Å²) in [6, 6.07) is 14.8. The Morgan fingerprint density at radius 2 is 1.88 bits per heavy atom. The van der Waals surface area contributed by atoms with Gasteiger partial charge < -0.3 is 15.6 Å². The van der Waals surface area contributed by atoms with E-state index in [1.807, 2.05) is 36.4 Å². The maximum absolute atomic E-state index is 13.7. The second kappa shape index (κ2) is 10.9. The van der Waals surface area contributed by atoms with Gasteiger partial charge in [-0.2, -0.15) is 9.49 Å². The molecule has 0 saturated carbocycles. The zero-order valence-corrected chi connectivity index (χ0v) is 24.6. The van der Waals surface area contributed by atoms with E-state index in [2.05, 4.69) is 53.4 Å². The number of anilines is 1. The van der Waals surface area contributed by atoms with Crippen LogP contribution in [-0.4, -0.2) is 49.1 Å². The van der Waals surface area contributed by atoms with Gasteiger partial charge in [0, 0.05) is 27.4 Å². The van der Waals surface area contributed by atoms with Crippen LogP contribution in [0.3, 0.4) is 0 Å². The highest BCUT2D eigenvalue weighted by Crippen LogP contribution is 2.34. The standard InChI is InChI=1S/C29H24FIN8OS/c30-23-4-3-22(41-23)27-25-20(7-10-33-27)36-29(37-25)28-26-21(38-39-28)2-1-19(35-26)16-12-17(31)14-18(13-16)34-24(40)11-15-5-8-32-9-6-15/h1-4,7,10,12-15,32H,5-6,8-9,11H2,(H,34,40)(H,36,37)(H,38,39). The number of nitrogens with zero attached hydrogens (tertiary/aromatic N) is 4. The first-order valence-corrected chi connectivity index (χ1v) is 15.2. The van der Waals surface area contributed by atoms with Crippen molar-refractivity contribution in [2.75, 3.05) is 18.4 Å². The van der Waals surface area contributed by atoms with E-state index in [1.165, 1.54) is 6.07 Å². The number of imidazole rings is 1. The Morgan fingerprint density at radius 3 is 2.71 bits per heavy atom. The highest BCUT2D eigenvalue weighted by Gasteiger charge is 2.19. The third-order valence-corrected chi connectivity index (χ3v) is 8.75. The van der Waals surface area contributed by atoms with E-state index in [9.17, 15) is 9.18 Å². The van der Waals surface area contributed by atoms with E-state index in [1.54, 1.807) is 12.3 Å². The predicted molar refractivity (Wildman–Crippen MR) is 167 cm³/mol. The summed E-state index contributed by atoms with van der Waals surface area (Å²) in [5, 5.41) is 13.7. The lowest BCUT2D eigenvalue weighted by atomic mass is 9.94. The fraction of sp³-hybridized carbons (Fsp3) is 0.207. The lowest BCUT2D eigenvalue weighted by Gasteiger charge is -2.22. The van der Waals surface area contributed by atoms with E-state index in [0.29, 0.717) is 45.5 Å². The molecular weight excluding hydrogens is 654 g/mol. The van der Waals surface area contributed by atoms with Gasteiger partial charge >= 0.3 is 0 Å². The number of rotatable bonds is 6. The van der Waals surface area contributed by atoms with E-state index < -0.39 is 0 Å². The molecule has 1 aromatic carbocycles. The predicted octanol–water partition coefficient (Wildman–Crippen LogP) is 6.36. The molecule has 1 aliphatic heterocycles. The van der Waals surface area contributed by atoms with Crippen molar-refractivity contribution in [2.24, 2.45) is 5.92 Å². The monoisotopic (exact) mass is 678 g/mol. The molecule has 12 heteroatoms. The van der Waals surface area contributed by atoms with Gasteiger partial charge in [0.15, 0.2) is 16.6 Å². The number of carbonyl (C=O) groups is 1. The van der Waals surface area contributed by atoms with Gasteiger partial charge in [0.2, 0.25) is 5.91 Å². The smallest absolute Gasteiger partial charge is 0.224 e. The number of thiophene rings is 1. The van der Waals surface area contributed by atoms with E-state index in [4.69, 9.17) is 9.97 Å². The highest BCUT2D eigenvalue weighted by molar-refractivity contribution is 14.1. The minimum Gasteiger partial charge on any atom is -0.336 e. The van der Waals surface area contributed by atoms with Crippen LogP contribution in [0.2, 0.25) is 0 Å². The van der Waals surface area contributed by atoms with Crippen LogP contribution in [0.15, 0.2) is 54.7 Å². The third-order valence-electron chi connectivity index (χ3n) is 7.25. The van der Waals surface area contributed by atoms with E-state index >= 15 is 0 Å². The van der Waals surface area contributed by atoms with Crippen LogP contribution in [0.25, 0.3) is 55.4 Å². The lowest BCUT2D eigenvalue weighted by molar-refractivity contribution is -0.117. The summed E-state index contributed by atoms with van der Waals surface area (Å²) in [5.74, 6) is 0.990. The first kappa shape index (κ1) is 26.2. The van der Waals surface area contributed by atoms with Gasteiger partial charge in [0.05, 0.1) is 21.6 Å². The van der Waals surface area contributed by atoms with Gasteiger partial charge in [-0.25, -0.2) is 9.97 Å². The van der Waals surface area contributed by atoms with Crippen LogP contribution >= 0.6 is 33.9 Å². The topological polar surface area (TPSA) is 124 Å². The quantitative estimate of drug-likeness (QED) is 0.152. The number of carbonyl (C=O) groups excluding carboxylic acids is 1. The zero-order chi connectivity index (χ0) is 27.9. The molecular formula is C29H24FIN8OS. The van der Waals surface area contributed by atoms with Crippen LogP contribution in [0.5, 0.6) is 0 Å². The molecule has 9 nitrogen and oxygen atoms in total. The fourth-order valence-corrected chi connectivity index (χ4v) is 6.66. The second-order valence-electron chi connectivity index (χ2n) is 10.1. The second-order valence-corrected chi connectivity index (χ2v) is 12.4. The number of H-pyrrole nitrogens is 2. The molecule has 41 heavy (non-hydrogen) atoms. The summed E-state index contributed by atoms with van der Waals surface area (Å²) in [4.78, 5) is 31.0. The molecule has 4 N–H and O–H groups in total. The Hall–Kier alpha value is -3.75. The Labute approximate surface area is 251 Å². The zero-order valence-electron chi connectivity index (χ0n) is 21.7. The molecule has 1 amide bonds. The number of fused-ring (bicyclic) bond motifs is 2. The number of halogens is 2. The van der Waals surface area contributed by atoms with Crippen molar-refractivity contribution in [3.05, 3.63) is 63.4 Å². The van der Waals surface area contributed by atoms with E-state index in [0.717, 1.165) is 68.8 Å². The SMILES string of the molecule is O=C(CC1CCNCC1)Nc1cc(I)cc(-c2ccc3[nH]nc(-c4nc5c(-c6ccc(F)s6)nccc5[nH]4)c3n2)c1. The van der Waals surface area contributed by atoms with Gasteiger partial charge in [0.1, 0.15) is 16.7 Å². The normalized spacial score (nSPS) is 14.2. The number of amides is 1. The van der Waals surface area contributed by atoms with Gasteiger partial charge in [-0.3, -0.25) is 14.9 Å². The number of benzene rings is 1. The summed E-state index contributed by atoms with van der Waals surface area (Å²) >= 11 is 3.29. The number of nitrogens with one attached hydrogen (secondary N) is 4. The molecule has 1 saturated heterocycles. The molecule has 206 valence electrons. The number of piperidine rings is 1. The van der Waals surface area contributed by atoms with Crippen molar-refractivity contribution >= 4 is 67.6 Å². The molecule has 6 aromatic rings. The maximum atomic E-state index is 13.7. The Bertz CT molecular complexity index is 1910. The van der Waals surface area contributed by atoms with Gasteiger partial charge in [0.25, 0.3) is 0 Å². The maximum Gasteiger partial charge on any atom is 0.224 e. The molecule has 5 aromatic heterocycles. The molecule has 0 radical (unpaired) electrons. The van der Waals surface area contributed by atoms with Crippen molar-refractivity contribution < 1.29 is 9.18 Å². The van der Waals surface area contributed by atoms with Crippen molar-refractivity contribution in [2.45, 2.75) is 19.3 Å². The molecule has 0 atom stereocenters. The minimum atomic E-state index is -0.273. The number of pyridine rings is 2. The van der Waals surface area contributed by atoms with Crippen LogP contribution in [0, 0.1) is 14.6 Å². The Balaban J connectivity index is 1.21. The number of hydrogen-bond acceptors (Lipinski definition) is 7. The van der Waals surface area contributed by atoms with E-state index in [-0.39, 0.29) is 11.0 Å². The van der Waals surface area contributed by atoms with Crippen molar-refractivity contribution in [3.8, 4) is 33.3 Å². The van der Waals surface area contributed by atoms with Crippen LogP contribution in [0.1, 0.15) is 19.3 Å². The van der Waals surface area contributed by atoms with Crippen LogP contribution < -0.4 is 10.6 Å². The molecule has 6 heterocycles. The average molecular weight is 679 g/mol.